The summed E-state index contributed by atoms with van der Waals surface area (Å²) in [6, 6.07) is 16.4. The van der Waals surface area contributed by atoms with Crippen LogP contribution in [0.15, 0.2) is 120 Å². The van der Waals surface area contributed by atoms with Crippen LogP contribution in [-0.4, -0.2) is 137 Å². The molecular weight excluding hydrogens is 861 g/mol. The van der Waals surface area contributed by atoms with Crippen LogP contribution in [0.3, 0.4) is 0 Å². The van der Waals surface area contributed by atoms with Gasteiger partial charge in [-0.05, 0) is 80.4 Å². The minimum Gasteiger partial charge on any atom is -0.368 e. The Bertz CT molecular complexity index is 2450. The molecule has 2 aromatic carbocycles. The van der Waals surface area contributed by atoms with Gasteiger partial charge in [0.05, 0.1) is 115 Å². The Labute approximate surface area is 449 Å². The zero-order valence-corrected chi connectivity index (χ0v) is 45.2. The van der Waals surface area contributed by atoms with Gasteiger partial charge in [-0.25, -0.2) is 0 Å². The van der Waals surface area contributed by atoms with Crippen LogP contribution in [0, 0.1) is 10.8 Å². The summed E-state index contributed by atoms with van der Waals surface area (Å²) in [6.45, 7) is 27.4. The van der Waals surface area contributed by atoms with Crippen molar-refractivity contribution < 1.29 is 0 Å². The van der Waals surface area contributed by atoms with Crippen molar-refractivity contribution in [2.75, 3.05) is 9.80 Å². The molecule has 14 atom stereocenters. The molecule has 0 N–H and O–H groups in total. The van der Waals surface area contributed by atoms with E-state index in [1.165, 1.54) is 22.3 Å². The number of allylic oxidation sites excluding steroid dienone is 5. The molecule has 14 unspecified atom stereocenters. The summed E-state index contributed by atoms with van der Waals surface area (Å²) in [5.74, 6) is -6.99. The number of anilines is 2. The summed E-state index contributed by atoms with van der Waals surface area (Å²) >= 11 is 0. The second kappa shape index (κ2) is 18.9. The van der Waals surface area contributed by atoms with Crippen LogP contribution in [0.5, 0.6) is 0 Å². The highest BCUT2D eigenvalue weighted by Gasteiger charge is 2.59. The lowest BCUT2D eigenvalue weighted by molar-refractivity contribution is 0.0575. The molecule has 0 spiro atoms. The fourth-order valence-corrected chi connectivity index (χ4v) is 13.1. The van der Waals surface area contributed by atoms with Crippen LogP contribution >= 0.6 is 0 Å². The molecule has 2 saturated heterocycles. The summed E-state index contributed by atoms with van der Waals surface area (Å²) < 4.78 is 0. The van der Waals surface area contributed by atoms with Gasteiger partial charge in [-0.2, -0.15) is 0 Å². The minimum absolute atomic E-state index is 0.0144. The smallest absolute Gasteiger partial charge is 0.0756 e. The van der Waals surface area contributed by atoms with Gasteiger partial charge in [0.25, 0.3) is 0 Å². The van der Waals surface area contributed by atoms with Crippen molar-refractivity contribution in [3.05, 3.63) is 131 Å². The molecule has 0 amide bonds. The Morgan fingerprint density at radius 1 is 0.403 bits per heavy atom. The molecule has 2 heterocycles. The first-order valence-electron chi connectivity index (χ1n) is 26.6. The molecule has 0 bridgehead atoms. The average molecular weight is 931 g/mol. The van der Waals surface area contributed by atoms with Crippen molar-refractivity contribution >= 4 is 89.8 Å². The Kier molecular flexibility index (Phi) is 14.1. The first-order chi connectivity index (χ1) is 33.4. The van der Waals surface area contributed by atoms with E-state index in [9.17, 15) is 0 Å². The molecule has 7 aliphatic rings. The van der Waals surface area contributed by atoms with Gasteiger partial charge in [0.15, 0.2) is 0 Å². The lowest BCUT2D eigenvalue weighted by atomic mass is 9.36. The van der Waals surface area contributed by atoms with Crippen molar-refractivity contribution in [1.29, 1.82) is 0 Å². The Hall–Kier alpha value is -3.11. The van der Waals surface area contributed by atoms with Crippen LogP contribution in [0.4, 0.5) is 11.4 Å². The second-order valence-electron chi connectivity index (χ2n) is 26.5. The summed E-state index contributed by atoms with van der Waals surface area (Å²) in [7, 11) is 70.8. The molecule has 2 saturated carbocycles. The van der Waals surface area contributed by atoms with Crippen molar-refractivity contribution in [3.63, 3.8) is 0 Å². The maximum Gasteiger partial charge on any atom is 0.0756 e. The number of piperazine rings is 2. The van der Waals surface area contributed by atoms with Crippen molar-refractivity contribution in [2.45, 2.75) is 200 Å². The number of benzene rings is 2. The van der Waals surface area contributed by atoms with Gasteiger partial charge in [0.1, 0.15) is 0 Å². The maximum absolute atomic E-state index is 7.35. The van der Waals surface area contributed by atoms with E-state index in [0.29, 0.717) is 0 Å². The van der Waals surface area contributed by atoms with E-state index in [1.54, 1.807) is 0 Å². The van der Waals surface area contributed by atoms with Gasteiger partial charge < -0.3 is 14.7 Å². The number of nitrogens with zero attached hydrogens (tertiary/aromatic N) is 4. The van der Waals surface area contributed by atoms with E-state index < -0.39 is 70.3 Å². The molecule has 4 nitrogen and oxygen atoms in total. The predicted molar refractivity (Wildman–Crippen MR) is 314 cm³/mol. The zero-order valence-electron chi connectivity index (χ0n) is 45.2. The van der Waals surface area contributed by atoms with Gasteiger partial charge in [-0.15, -0.1) is 0 Å². The van der Waals surface area contributed by atoms with E-state index in [0.717, 1.165) is 22.8 Å². The van der Waals surface area contributed by atoms with Crippen LogP contribution in [0.1, 0.15) is 94.2 Å². The van der Waals surface area contributed by atoms with Gasteiger partial charge >= 0.3 is 0 Å². The molecule has 14 heteroatoms. The number of rotatable bonds is 5. The van der Waals surface area contributed by atoms with Gasteiger partial charge in [-0.3, -0.25) is 4.90 Å². The van der Waals surface area contributed by atoms with Crippen molar-refractivity contribution in [2.24, 2.45) is 10.8 Å². The third-order valence-electron chi connectivity index (χ3n) is 17.7. The first-order valence-corrected chi connectivity index (χ1v) is 26.6. The fourth-order valence-electron chi connectivity index (χ4n) is 13.1. The third-order valence-corrected chi connectivity index (χ3v) is 17.7. The van der Waals surface area contributed by atoms with E-state index in [4.69, 9.17) is 78.5 Å². The zero-order chi connectivity index (χ0) is 52.6. The highest BCUT2D eigenvalue weighted by molar-refractivity contribution is 6.34. The van der Waals surface area contributed by atoms with Crippen LogP contribution in [-0.2, 0) is 10.8 Å². The highest BCUT2D eigenvalue weighted by Crippen LogP contribution is 2.61. The molecule has 5 aliphatic carbocycles. The van der Waals surface area contributed by atoms with Gasteiger partial charge in [0, 0.05) is 34.9 Å². The second-order valence-corrected chi connectivity index (χ2v) is 26.5. The van der Waals surface area contributed by atoms with Crippen LogP contribution in [0.2, 0.25) is 58.2 Å². The van der Waals surface area contributed by atoms with Gasteiger partial charge in [-0.1, -0.05) is 202 Å². The summed E-state index contributed by atoms with van der Waals surface area (Å²) in [5, 5.41) is 0. The quantitative estimate of drug-likeness (QED) is 0.277. The maximum atomic E-state index is 7.35. The van der Waals surface area contributed by atoms with Crippen LogP contribution in [0.25, 0.3) is 0 Å². The average Bonchev–Trinajstić information content (AvgIpc) is 3.31. The topological polar surface area (TPSA) is 13.0 Å². The van der Waals surface area contributed by atoms with E-state index >= 15 is 0 Å². The number of fused-ring (bicyclic) bond motifs is 4. The Morgan fingerprint density at radius 3 is 1.18 bits per heavy atom. The van der Waals surface area contributed by atoms with Gasteiger partial charge in [0.2, 0.25) is 0 Å². The van der Waals surface area contributed by atoms with Crippen molar-refractivity contribution in [3.8, 4) is 0 Å². The standard InChI is InChI=1S/C58H70B10N4/c1-55(2,3)29-13-19-33(20-14-29)69-36-23-17-31(57(7,8)9)25-38(36)72-39-26-32(58(10,11)12)18-24-37(39)70(34-21-15-30(16-22-34)56(4,5)6)41-28-35(27-40(69)52(41)72)71(53-48(65)44(61)42(59)45(62)49(53)66)54-50(67)46(63)43(60)47(64)51(54)68/h13-28,36-40,42-54H,1-12H3. The minimum atomic E-state index is -0.733. The largest absolute Gasteiger partial charge is 0.368 e. The molecule has 4 fully saturated rings. The summed E-state index contributed by atoms with van der Waals surface area (Å²) in [4.78, 5) is 10.3. The van der Waals surface area contributed by atoms with E-state index in [1.807, 2.05) is 0 Å². The van der Waals surface area contributed by atoms with E-state index in [-0.39, 0.29) is 57.9 Å². The summed E-state index contributed by atoms with van der Waals surface area (Å²) in [5.41, 5.74) is 9.04. The first kappa shape index (κ1) is 53.7. The van der Waals surface area contributed by atoms with Crippen molar-refractivity contribution in [1.82, 2.24) is 9.80 Å². The highest BCUT2D eigenvalue weighted by atomic mass is 15.4. The third kappa shape index (κ3) is 9.07. The molecule has 2 aromatic rings. The normalized spacial score (nSPS) is 38.1. The molecule has 20 radical (unpaired) electrons. The molecule has 2 aliphatic heterocycles. The Morgan fingerprint density at radius 2 is 0.778 bits per heavy atom. The number of hydrogen-bond acceptors (Lipinski definition) is 4. The summed E-state index contributed by atoms with van der Waals surface area (Å²) in [6.07, 6.45) is 19.4. The fraction of sp³-hybridized carbons (Fsp3) is 0.586. The molecule has 9 rings (SSSR count). The number of hydrogen-bond donors (Lipinski definition) is 0. The lowest BCUT2D eigenvalue weighted by Gasteiger charge is -2.66. The van der Waals surface area contributed by atoms with E-state index in [2.05, 4.69) is 200 Å². The lowest BCUT2D eigenvalue weighted by Crippen LogP contribution is -2.77. The SMILES string of the molecule is [B]C1C([B])C([B])C(N(C2=CC3C4C(=C2)N(c2ccc(C(C)(C)C)cc2)C2C=CC(C(C)(C)C)=CC2N4C2C=C(C(C)(C)C)C=CC2N3c2ccc(C(C)(C)C)cc2)C2C([B])C([B])C([B])C([B])C2[B])C([B])C1[B]. The Balaban J connectivity index is 1.37. The molecule has 0 aromatic heterocycles. The molecule has 352 valence electrons. The predicted octanol–water partition coefficient (Wildman–Crippen LogP) is 9.64. The monoisotopic (exact) mass is 933 g/mol. The van der Waals surface area contributed by atoms with Crippen LogP contribution < -0.4 is 9.80 Å². The molecule has 72 heavy (non-hydrogen) atoms. The molecular formula is C58H70B10N4.